The summed E-state index contributed by atoms with van der Waals surface area (Å²) < 4.78 is 5.13. The molecule has 3 aromatic rings. The van der Waals surface area contributed by atoms with E-state index < -0.39 is 0 Å². The van der Waals surface area contributed by atoms with E-state index >= 15 is 0 Å². The summed E-state index contributed by atoms with van der Waals surface area (Å²) in [6.07, 6.45) is 1.65. The molecular weight excluding hydrogens is 347 g/mol. The smallest absolute Gasteiger partial charge is 0.229 e. The van der Waals surface area contributed by atoms with E-state index in [-0.39, 0.29) is 0 Å². The van der Waals surface area contributed by atoms with Crippen molar-refractivity contribution in [2.24, 2.45) is 0 Å². The van der Waals surface area contributed by atoms with Crippen LogP contribution in [0.5, 0.6) is 5.75 Å². The van der Waals surface area contributed by atoms with Gasteiger partial charge in [0.05, 0.1) is 22.8 Å². The van der Waals surface area contributed by atoms with Crippen molar-refractivity contribution in [3.63, 3.8) is 0 Å². The van der Waals surface area contributed by atoms with E-state index in [4.69, 9.17) is 27.9 Å². The molecule has 0 radical (unpaired) electrons. The molecule has 2 N–H and O–H groups in total. The zero-order valence-electron chi connectivity index (χ0n) is 12.8. The summed E-state index contributed by atoms with van der Waals surface area (Å²) in [5, 5.41) is 7.39. The van der Waals surface area contributed by atoms with E-state index in [1.807, 2.05) is 30.3 Å². The first-order valence-electron chi connectivity index (χ1n) is 7.11. The van der Waals surface area contributed by atoms with Gasteiger partial charge in [-0.15, -0.1) is 0 Å². The van der Waals surface area contributed by atoms with E-state index in [9.17, 15) is 0 Å². The van der Waals surface area contributed by atoms with Gasteiger partial charge in [-0.25, -0.2) is 4.98 Å². The Bertz CT molecular complexity index is 857. The molecule has 0 bridgehead atoms. The van der Waals surface area contributed by atoms with Gasteiger partial charge >= 0.3 is 0 Å². The summed E-state index contributed by atoms with van der Waals surface area (Å²) in [4.78, 5) is 8.61. The average molecular weight is 361 g/mol. The standard InChI is InChI=1S/C17H14Cl2N4O/c1-24-15-7-6-11(10-13(15)19)21-17-20-9-8-16(23-17)22-14-5-3-2-4-12(14)18/h2-10H,1H3,(H2,20,21,22,23). The van der Waals surface area contributed by atoms with Crippen LogP contribution in [-0.2, 0) is 0 Å². The first-order chi connectivity index (χ1) is 11.7. The molecule has 24 heavy (non-hydrogen) atoms. The van der Waals surface area contributed by atoms with Gasteiger partial charge in [-0.05, 0) is 36.4 Å². The third-order valence-corrected chi connectivity index (χ3v) is 3.83. The van der Waals surface area contributed by atoms with Gasteiger partial charge in [0.15, 0.2) is 0 Å². The largest absolute Gasteiger partial charge is 0.495 e. The van der Waals surface area contributed by atoms with Crippen LogP contribution in [0, 0.1) is 0 Å². The molecule has 122 valence electrons. The van der Waals surface area contributed by atoms with Crippen molar-refractivity contribution in [1.29, 1.82) is 0 Å². The summed E-state index contributed by atoms with van der Waals surface area (Å²) >= 11 is 12.3. The highest BCUT2D eigenvalue weighted by Gasteiger charge is 2.05. The van der Waals surface area contributed by atoms with E-state index in [0.717, 1.165) is 11.4 Å². The molecule has 3 rings (SSSR count). The number of nitrogens with one attached hydrogen (secondary N) is 2. The molecule has 7 heteroatoms. The molecule has 5 nitrogen and oxygen atoms in total. The molecule has 0 atom stereocenters. The maximum absolute atomic E-state index is 6.14. The predicted octanol–water partition coefficient (Wildman–Crippen LogP) is 5.28. The number of hydrogen-bond donors (Lipinski definition) is 2. The number of methoxy groups -OCH3 is 1. The number of benzene rings is 2. The van der Waals surface area contributed by atoms with Crippen LogP contribution in [0.4, 0.5) is 23.1 Å². The number of hydrogen-bond acceptors (Lipinski definition) is 5. The molecular formula is C17H14Cl2N4O. The number of para-hydroxylation sites is 1. The van der Waals surface area contributed by atoms with Crippen LogP contribution < -0.4 is 15.4 Å². The topological polar surface area (TPSA) is 59.1 Å². The lowest BCUT2D eigenvalue weighted by atomic mass is 10.3. The van der Waals surface area contributed by atoms with E-state index in [1.165, 1.54) is 0 Å². The fourth-order valence-corrected chi connectivity index (χ4v) is 2.50. The Kier molecular flexibility index (Phi) is 5.03. The second-order valence-corrected chi connectivity index (χ2v) is 5.66. The van der Waals surface area contributed by atoms with Crippen LogP contribution in [0.3, 0.4) is 0 Å². The molecule has 1 heterocycles. The average Bonchev–Trinajstić information content (AvgIpc) is 2.58. The van der Waals surface area contributed by atoms with E-state index in [2.05, 4.69) is 20.6 Å². The number of nitrogens with zero attached hydrogens (tertiary/aromatic N) is 2. The second-order valence-electron chi connectivity index (χ2n) is 4.84. The minimum Gasteiger partial charge on any atom is -0.495 e. The van der Waals surface area contributed by atoms with Crippen LogP contribution >= 0.6 is 23.2 Å². The zero-order valence-corrected chi connectivity index (χ0v) is 14.3. The minimum atomic E-state index is 0.438. The first kappa shape index (κ1) is 16.4. The highest BCUT2D eigenvalue weighted by Crippen LogP contribution is 2.29. The summed E-state index contributed by atoms with van der Waals surface area (Å²) in [6, 6.07) is 14.6. The third kappa shape index (κ3) is 3.88. The maximum atomic E-state index is 6.14. The Hall–Kier alpha value is -2.50. The minimum absolute atomic E-state index is 0.438. The number of aromatic nitrogens is 2. The molecule has 0 unspecified atom stereocenters. The summed E-state index contributed by atoms with van der Waals surface area (Å²) in [6.45, 7) is 0. The molecule has 0 amide bonds. The van der Waals surface area contributed by atoms with Crippen molar-refractivity contribution in [3.8, 4) is 5.75 Å². The van der Waals surface area contributed by atoms with Crippen LogP contribution in [0.15, 0.2) is 54.7 Å². The first-order valence-corrected chi connectivity index (χ1v) is 7.86. The van der Waals surface area contributed by atoms with Gasteiger partial charge in [0.2, 0.25) is 5.95 Å². The molecule has 0 saturated carbocycles. The monoisotopic (exact) mass is 360 g/mol. The predicted molar refractivity (Wildman–Crippen MR) is 98.1 cm³/mol. The van der Waals surface area contributed by atoms with E-state index in [1.54, 1.807) is 31.5 Å². The summed E-state index contributed by atoms with van der Waals surface area (Å²) in [5.41, 5.74) is 1.53. The van der Waals surface area contributed by atoms with E-state index in [0.29, 0.717) is 27.6 Å². The molecule has 0 aliphatic carbocycles. The highest BCUT2D eigenvalue weighted by atomic mass is 35.5. The molecule has 0 aliphatic rings. The Balaban J connectivity index is 1.78. The number of halogens is 2. The van der Waals surface area contributed by atoms with Gasteiger partial charge in [0.25, 0.3) is 0 Å². The molecule has 0 fully saturated rings. The van der Waals surface area contributed by atoms with Gasteiger partial charge in [0, 0.05) is 11.9 Å². The maximum Gasteiger partial charge on any atom is 0.229 e. The second kappa shape index (κ2) is 7.38. The van der Waals surface area contributed by atoms with Gasteiger partial charge in [0.1, 0.15) is 11.6 Å². The highest BCUT2D eigenvalue weighted by molar-refractivity contribution is 6.33. The van der Waals surface area contributed by atoms with Crippen molar-refractivity contribution >= 4 is 46.3 Å². The van der Waals surface area contributed by atoms with Gasteiger partial charge in [-0.1, -0.05) is 35.3 Å². The summed E-state index contributed by atoms with van der Waals surface area (Å²) in [7, 11) is 1.57. The van der Waals surface area contributed by atoms with Gasteiger partial charge < -0.3 is 15.4 Å². The number of rotatable bonds is 5. The fourth-order valence-electron chi connectivity index (χ4n) is 2.06. The van der Waals surface area contributed by atoms with Crippen molar-refractivity contribution < 1.29 is 4.74 Å². The Morgan fingerprint density at radius 2 is 1.79 bits per heavy atom. The SMILES string of the molecule is COc1ccc(Nc2nccc(Nc3ccccc3Cl)n2)cc1Cl. The molecule has 2 aromatic carbocycles. The third-order valence-electron chi connectivity index (χ3n) is 3.20. The Labute approximate surface area is 149 Å². The Morgan fingerprint density at radius 3 is 2.54 bits per heavy atom. The van der Waals surface area contributed by atoms with Crippen LogP contribution in [0.2, 0.25) is 10.0 Å². The van der Waals surface area contributed by atoms with Crippen LogP contribution in [0.25, 0.3) is 0 Å². The summed E-state index contributed by atoms with van der Waals surface area (Å²) in [5.74, 6) is 1.67. The number of ether oxygens (including phenoxy) is 1. The molecule has 0 spiro atoms. The van der Waals surface area contributed by atoms with Crippen molar-refractivity contribution in [2.45, 2.75) is 0 Å². The van der Waals surface area contributed by atoms with Crippen molar-refractivity contribution in [1.82, 2.24) is 9.97 Å². The quantitative estimate of drug-likeness (QED) is 0.648. The normalized spacial score (nSPS) is 10.3. The lowest BCUT2D eigenvalue weighted by molar-refractivity contribution is 0.415. The molecule has 1 aromatic heterocycles. The Morgan fingerprint density at radius 1 is 0.958 bits per heavy atom. The van der Waals surface area contributed by atoms with Crippen molar-refractivity contribution in [3.05, 3.63) is 64.8 Å². The lowest BCUT2D eigenvalue weighted by Crippen LogP contribution is -2.00. The van der Waals surface area contributed by atoms with Crippen molar-refractivity contribution in [2.75, 3.05) is 17.7 Å². The number of anilines is 4. The molecule has 0 saturated heterocycles. The molecule has 0 aliphatic heterocycles. The van der Waals surface area contributed by atoms with Gasteiger partial charge in [-0.3, -0.25) is 0 Å². The fraction of sp³-hybridized carbons (Fsp3) is 0.0588. The zero-order chi connectivity index (χ0) is 16.9. The lowest BCUT2D eigenvalue weighted by Gasteiger charge is -2.10. The van der Waals surface area contributed by atoms with Crippen LogP contribution in [-0.4, -0.2) is 17.1 Å². The van der Waals surface area contributed by atoms with Gasteiger partial charge in [-0.2, -0.15) is 4.98 Å². The van der Waals surface area contributed by atoms with Crippen LogP contribution in [0.1, 0.15) is 0 Å².